The lowest BCUT2D eigenvalue weighted by molar-refractivity contribution is 0.00674. The molecule has 2 heterocycles. The highest BCUT2D eigenvalue weighted by Crippen LogP contribution is 2.38. The Morgan fingerprint density at radius 3 is 2.54 bits per heavy atom. The van der Waals surface area contributed by atoms with Crippen LogP contribution in [0.3, 0.4) is 0 Å². The predicted molar refractivity (Wildman–Crippen MR) is 154 cm³/mol. The van der Waals surface area contributed by atoms with Crippen LogP contribution in [0.5, 0.6) is 5.75 Å². The third-order valence-corrected chi connectivity index (χ3v) is 7.39. The molecule has 10 heteroatoms. The van der Waals surface area contributed by atoms with Crippen molar-refractivity contribution in [3.8, 4) is 5.75 Å². The number of piperazine rings is 1. The van der Waals surface area contributed by atoms with Crippen LogP contribution >= 0.6 is 23.2 Å². The van der Waals surface area contributed by atoms with Crippen LogP contribution in [-0.2, 0) is 10.3 Å². The van der Waals surface area contributed by atoms with Gasteiger partial charge < -0.3 is 24.8 Å². The van der Waals surface area contributed by atoms with Gasteiger partial charge in [0.25, 0.3) is 5.91 Å². The summed E-state index contributed by atoms with van der Waals surface area (Å²) in [5.74, 6) is 0.470. The highest BCUT2D eigenvalue weighted by Gasteiger charge is 2.34. The molecule has 1 aliphatic heterocycles. The zero-order valence-corrected chi connectivity index (χ0v) is 23.9. The van der Waals surface area contributed by atoms with Gasteiger partial charge >= 0.3 is 0 Å². The number of benzene rings is 2. The van der Waals surface area contributed by atoms with E-state index in [0.29, 0.717) is 66.4 Å². The molecule has 1 aliphatic rings. The topological polar surface area (TPSA) is 87.2 Å². The standard InChI is InChI=1S/C29H34Cl2N4O4/c1-29(37,27-11-6-21(17-33-27)28(36)32-2)19-34-12-13-35(26(18-34)20-4-7-22(30)8-5-20)25-10-9-23(16-24(25)31)39-15-14-38-3/h4-11,16-17,26,37H,12-15,18-19H2,1-3H3,(H,32,36)/t26-,29+/m0/s1. The summed E-state index contributed by atoms with van der Waals surface area (Å²) in [5, 5.41) is 15.2. The summed E-state index contributed by atoms with van der Waals surface area (Å²) in [7, 11) is 3.20. The molecule has 0 bridgehead atoms. The number of rotatable bonds is 10. The van der Waals surface area contributed by atoms with Crippen molar-refractivity contribution in [1.29, 1.82) is 0 Å². The minimum atomic E-state index is -1.22. The third kappa shape index (κ3) is 7.21. The first-order valence-electron chi connectivity index (χ1n) is 12.8. The van der Waals surface area contributed by atoms with E-state index >= 15 is 0 Å². The van der Waals surface area contributed by atoms with Crippen LogP contribution in [0, 0.1) is 0 Å². The minimum Gasteiger partial charge on any atom is -0.491 e. The number of hydrogen-bond donors (Lipinski definition) is 2. The summed E-state index contributed by atoms with van der Waals surface area (Å²) in [4.78, 5) is 20.8. The molecular weight excluding hydrogens is 539 g/mol. The summed E-state index contributed by atoms with van der Waals surface area (Å²) >= 11 is 12.9. The normalized spacial score (nSPS) is 17.5. The average molecular weight is 574 g/mol. The molecule has 1 saturated heterocycles. The van der Waals surface area contributed by atoms with E-state index < -0.39 is 5.60 Å². The fourth-order valence-corrected chi connectivity index (χ4v) is 5.21. The number of hydrogen-bond acceptors (Lipinski definition) is 7. The monoisotopic (exact) mass is 572 g/mol. The van der Waals surface area contributed by atoms with Gasteiger partial charge in [-0.2, -0.15) is 0 Å². The Hall–Kier alpha value is -2.88. The highest BCUT2D eigenvalue weighted by molar-refractivity contribution is 6.33. The van der Waals surface area contributed by atoms with Crippen molar-refractivity contribution in [2.45, 2.75) is 18.6 Å². The van der Waals surface area contributed by atoms with Gasteiger partial charge in [-0.25, -0.2) is 0 Å². The van der Waals surface area contributed by atoms with Gasteiger partial charge in [-0.15, -0.1) is 0 Å². The molecule has 0 radical (unpaired) electrons. The van der Waals surface area contributed by atoms with Crippen molar-refractivity contribution < 1.29 is 19.4 Å². The molecule has 208 valence electrons. The summed E-state index contributed by atoms with van der Waals surface area (Å²) in [6, 6.07) is 16.9. The number of aromatic nitrogens is 1. The number of β-amino-alcohol motifs (C(OH)–C–C–N with tert-alkyl or cyclic N) is 1. The first-order valence-corrected chi connectivity index (χ1v) is 13.5. The van der Waals surface area contributed by atoms with Crippen LogP contribution in [0.1, 0.15) is 34.6 Å². The lowest BCUT2D eigenvalue weighted by Gasteiger charge is -2.45. The maximum Gasteiger partial charge on any atom is 0.252 e. The smallest absolute Gasteiger partial charge is 0.252 e. The van der Waals surface area contributed by atoms with Crippen molar-refractivity contribution in [1.82, 2.24) is 15.2 Å². The number of aliphatic hydroxyl groups is 1. The van der Waals surface area contributed by atoms with E-state index in [1.807, 2.05) is 42.5 Å². The van der Waals surface area contributed by atoms with E-state index in [1.165, 1.54) is 6.20 Å². The number of pyridine rings is 1. The number of methoxy groups -OCH3 is 1. The summed E-state index contributed by atoms with van der Waals surface area (Å²) < 4.78 is 10.8. The Labute approximate surface area is 239 Å². The molecule has 2 aromatic carbocycles. The van der Waals surface area contributed by atoms with Crippen LogP contribution in [0.2, 0.25) is 10.0 Å². The largest absolute Gasteiger partial charge is 0.491 e. The Bertz CT molecular complexity index is 1260. The van der Waals surface area contributed by atoms with Crippen molar-refractivity contribution in [3.05, 3.63) is 87.7 Å². The van der Waals surface area contributed by atoms with E-state index in [0.717, 1.165) is 11.3 Å². The van der Waals surface area contributed by atoms with Gasteiger partial charge in [-0.3, -0.25) is 14.7 Å². The number of anilines is 1. The van der Waals surface area contributed by atoms with E-state index in [-0.39, 0.29) is 11.9 Å². The Morgan fingerprint density at radius 2 is 1.90 bits per heavy atom. The molecule has 0 aliphatic carbocycles. The first kappa shape index (κ1) is 29.1. The Morgan fingerprint density at radius 1 is 1.13 bits per heavy atom. The van der Waals surface area contributed by atoms with Crippen molar-refractivity contribution >= 4 is 34.8 Å². The van der Waals surface area contributed by atoms with Gasteiger partial charge in [0.2, 0.25) is 0 Å². The number of halogens is 2. The van der Waals surface area contributed by atoms with E-state index in [1.54, 1.807) is 33.2 Å². The number of nitrogens with one attached hydrogen (secondary N) is 1. The number of carbonyl (C=O) groups excluding carboxylic acids is 1. The fraction of sp³-hybridized carbons (Fsp3) is 0.379. The molecule has 8 nitrogen and oxygen atoms in total. The van der Waals surface area contributed by atoms with Gasteiger partial charge in [0, 0.05) is 57.6 Å². The van der Waals surface area contributed by atoms with Crippen molar-refractivity contribution in [3.63, 3.8) is 0 Å². The molecule has 2 atom stereocenters. The fourth-order valence-electron chi connectivity index (χ4n) is 4.80. The maximum absolute atomic E-state index is 11.9. The lowest BCUT2D eigenvalue weighted by Crippen LogP contribution is -2.52. The zero-order chi connectivity index (χ0) is 28.0. The van der Waals surface area contributed by atoms with Gasteiger partial charge in [0.05, 0.1) is 34.6 Å². The van der Waals surface area contributed by atoms with Gasteiger partial charge in [0.15, 0.2) is 0 Å². The van der Waals surface area contributed by atoms with Crippen LogP contribution in [0.4, 0.5) is 5.69 Å². The van der Waals surface area contributed by atoms with E-state index in [4.69, 9.17) is 32.7 Å². The molecule has 0 saturated carbocycles. The molecule has 1 amide bonds. The SMILES string of the molecule is CNC(=O)c1ccc([C@](C)(O)CN2CCN(c3ccc(OCCOC)cc3Cl)[C@H](c3ccc(Cl)cc3)C2)nc1. The van der Waals surface area contributed by atoms with Crippen molar-refractivity contribution in [2.75, 3.05) is 58.5 Å². The highest BCUT2D eigenvalue weighted by atomic mass is 35.5. The second-order valence-electron chi connectivity index (χ2n) is 9.74. The third-order valence-electron chi connectivity index (χ3n) is 6.84. The number of amides is 1. The van der Waals surface area contributed by atoms with Crippen molar-refractivity contribution in [2.24, 2.45) is 0 Å². The number of carbonyl (C=O) groups is 1. The molecule has 1 fully saturated rings. The van der Waals surface area contributed by atoms with E-state index in [9.17, 15) is 9.90 Å². The molecule has 0 spiro atoms. The number of ether oxygens (including phenoxy) is 2. The van der Waals surface area contributed by atoms with E-state index in [2.05, 4.69) is 20.1 Å². The molecule has 4 rings (SSSR count). The Balaban J connectivity index is 1.55. The lowest BCUT2D eigenvalue weighted by atomic mass is 9.97. The van der Waals surface area contributed by atoms with Gasteiger partial charge in [-0.1, -0.05) is 35.3 Å². The second-order valence-corrected chi connectivity index (χ2v) is 10.6. The second kappa shape index (κ2) is 13.0. The number of nitrogens with zero attached hydrogens (tertiary/aromatic N) is 3. The van der Waals surface area contributed by atoms with Crippen LogP contribution in [0.15, 0.2) is 60.8 Å². The maximum atomic E-state index is 11.9. The van der Waals surface area contributed by atoms with Crippen LogP contribution in [-0.4, -0.2) is 74.4 Å². The molecule has 39 heavy (non-hydrogen) atoms. The quantitative estimate of drug-likeness (QED) is 0.345. The summed E-state index contributed by atoms with van der Waals surface area (Å²) in [5.41, 5.74) is 1.74. The summed E-state index contributed by atoms with van der Waals surface area (Å²) in [6.07, 6.45) is 1.49. The molecule has 3 aromatic rings. The predicted octanol–water partition coefficient (Wildman–Crippen LogP) is 4.54. The summed E-state index contributed by atoms with van der Waals surface area (Å²) in [6.45, 7) is 5.11. The first-order chi connectivity index (χ1) is 18.7. The van der Waals surface area contributed by atoms with Crippen LogP contribution in [0.25, 0.3) is 0 Å². The average Bonchev–Trinajstić information content (AvgIpc) is 2.93. The molecular formula is C29H34Cl2N4O4. The molecule has 2 N–H and O–H groups in total. The van der Waals surface area contributed by atoms with Crippen LogP contribution < -0.4 is 15.0 Å². The zero-order valence-electron chi connectivity index (χ0n) is 22.4. The Kier molecular flexibility index (Phi) is 9.69. The molecule has 0 unspecified atom stereocenters. The van der Waals surface area contributed by atoms with Gasteiger partial charge in [-0.05, 0) is 48.9 Å². The minimum absolute atomic E-state index is 0.0341. The molecule has 1 aromatic heterocycles. The van der Waals surface area contributed by atoms with Gasteiger partial charge in [0.1, 0.15) is 18.0 Å².